The van der Waals surface area contributed by atoms with E-state index in [0.717, 1.165) is 0 Å². The van der Waals surface area contributed by atoms with Crippen LogP contribution in [-0.2, 0) is 4.74 Å². The van der Waals surface area contributed by atoms with Crippen LogP contribution in [0, 0.1) is 11.3 Å². The highest BCUT2D eigenvalue weighted by atomic mass is 19.3. The number of hydrogen-bond donors (Lipinski definition) is 2. The Kier molecular flexibility index (Phi) is 2.85. The maximum atomic E-state index is 13.4. The normalized spacial score (nSPS) is 37.0. The first-order valence-electron chi connectivity index (χ1n) is 6.10. The van der Waals surface area contributed by atoms with Crippen molar-refractivity contribution in [3.05, 3.63) is 0 Å². The Morgan fingerprint density at radius 2 is 2.00 bits per heavy atom. The van der Waals surface area contributed by atoms with Gasteiger partial charge in [0.15, 0.2) is 0 Å². The summed E-state index contributed by atoms with van der Waals surface area (Å²) in [6.07, 6.45) is -0.151. The summed E-state index contributed by atoms with van der Waals surface area (Å²) in [5, 5.41) is 11.4. The molecule has 1 atom stereocenters. The molecule has 2 aliphatic rings. The molecule has 0 aromatic heterocycles. The van der Waals surface area contributed by atoms with E-state index in [1.54, 1.807) is 20.8 Å². The number of aliphatic hydroxyl groups excluding tert-OH is 1. The Morgan fingerprint density at radius 1 is 1.44 bits per heavy atom. The van der Waals surface area contributed by atoms with Gasteiger partial charge >= 0.3 is 6.09 Å². The first-order valence-corrected chi connectivity index (χ1v) is 6.10. The van der Waals surface area contributed by atoms with E-state index in [0.29, 0.717) is 0 Å². The molecule has 104 valence electrons. The van der Waals surface area contributed by atoms with Gasteiger partial charge in [-0.25, -0.2) is 13.6 Å². The molecule has 0 aromatic rings. The molecule has 0 heterocycles. The van der Waals surface area contributed by atoms with Gasteiger partial charge in [-0.3, -0.25) is 0 Å². The molecule has 1 spiro atoms. The van der Waals surface area contributed by atoms with Crippen LogP contribution in [-0.4, -0.2) is 35.4 Å². The molecule has 0 aliphatic heterocycles. The van der Waals surface area contributed by atoms with E-state index >= 15 is 0 Å². The molecule has 0 radical (unpaired) electrons. The number of aliphatic hydroxyl groups is 1. The number of ether oxygens (including phenoxy) is 1. The van der Waals surface area contributed by atoms with Crippen molar-refractivity contribution in [1.29, 1.82) is 0 Å². The van der Waals surface area contributed by atoms with E-state index in [1.165, 1.54) is 0 Å². The Balaban J connectivity index is 1.80. The topological polar surface area (TPSA) is 58.6 Å². The SMILES string of the molecule is CC(C)(C)OC(=O)NC1CC2(C1)[C@@H](CO)C2(F)F. The van der Waals surface area contributed by atoms with Crippen LogP contribution in [0.5, 0.6) is 0 Å². The van der Waals surface area contributed by atoms with Crippen molar-refractivity contribution in [2.24, 2.45) is 11.3 Å². The monoisotopic (exact) mass is 263 g/mol. The van der Waals surface area contributed by atoms with E-state index < -0.39 is 35.6 Å². The molecule has 0 aromatic carbocycles. The number of carbonyl (C=O) groups excluding carboxylic acids is 1. The van der Waals surface area contributed by atoms with Crippen molar-refractivity contribution in [2.75, 3.05) is 6.61 Å². The number of amides is 1. The van der Waals surface area contributed by atoms with Gasteiger partial charge in [-0.2, -0.15) is 0 Å². The third kappa shape index (κ3) is 1.96. The summed E-state index contributed by atoms with van der Waals surface area (Å²) in [4.78, 5) is 11.4. The smallest absolute Gasteiger partial charge is 0.407 e. The molecular weight excluding hydrogens is 244 g/mol. The second-order valence-electron chi connectivity index (χ2n) is 6.27. The van der Waals surface area contributed by atoms with Crippen molar-refractivity contribution >= 4 is 6.09 Å². The van der Waals surface area contributed by atoms with E-state index in [1.807, 2.05) is 0 Å². The molecule has 2 aliphatic carbocycles. The minimum atomic E-state index is -2.78. The van der Waals surface area contributed by atoms with Gasteiger partial charge in [-0.1, -0.05) is 0 Å². The lowest BCUT2D eigenvalue weighted by molar-refractivity contribution is 0.00523. The molecule has 2 rings (SSSR count). The van der Waals surface area contributed by atoms with Crippen molar-refractivity contribution in [3.8, 4) is 0 Å². The minimum absolute atomic E-state index is 0.213. The first kappa shape index (κ1) is 13.5. The molecule has 4 nitrogen and oxygen atoms in total. The van der Waals surface area contributed by atoms with E-state index in [9.17, 15) is 13.6 Å². The van der Waals surface area contributed by atoms with Crippen LogP contribution in [0.3, 0.4) is 0 Å². The summed E-state index contributed by atoms with van der Waals surface area (Å²) in [5.74, 6) is -3.73. The highest BCUT2D eigenvalue weighted by Gasteiger charge is 2.83. The Bertz CT molecular complexity index is 359. The van der Waals surface area contributed by atoms with Gasteiger partial charge in [-0.15, -0.1) is 0 Å². The zero-order valence-corrected chi connectivity index (χ0v) is 10.8. The van der Waals surface area contributed by atoms with Gasteiger partial charge in [0.25, 0.3) is 5.92 Å². The average Bonchev–Trinajstić information content (AvgIpc) is 2.58. The molecule has 18 heavy (non-hydrogen) atoms. The molecule has 2 saturated carbocycles. The molecule has 0 unspecified atom stereocenters. The maximum Gasteiger partial charge on any atom is 0.407 e. The molecule has 2 fully saturated rings. The molecule has 6 heteroatoms. The van der Waals surface area contributed by atoms with Gasteiger partial charge in [0.1, 0.15) is 5.60 Å². The van der Waals surface area contributed by atoms with E-state index in [-0.39, 0.29) is 18.9 Å². The fourth-order valence-corrected chi connectivity index (χ4v) is 2.83. The van der Waals surface area contributed by atoms with Gasteiger partial charge in [0.05, 0.1) is 12.5 Å². The molecule has 2 N–H and O–H groups in total. The van der Waals surface area contributed by atoms with Crippen molar-refractivity contribution in [1.82, 2.24) is 5.32 Å². The summed E-state index contributed by atoms with van der Waals surface area (Å²) in [6, 6.07) is -0.276. The number of alkyl halides is 2. The van der Waals surface area contributed by atoms with Crippen LogP contribution in [0.25, 0.3) is 0 Å². The third-order valence-electron chi connectivity index (χ3n) is 3.81. The summed E-state index contributed by atoms with van der Waals surface area (Å²) in [5.41, 5.74) is -1.68. The van der Waals surface area contributed by atoms with Gasteiger partial charge in [0, 0.05) is 11.5 Å². The van der Waals surface area contributed by atoms with Crippen molar-refractivity contribution in [3.63, 3.8) is 0 Å². The van der Waals surface area contributed by atoms with Crippen LogP contribution in [0.1, 0.15) is 33.6 Å². The minimum Gasteiger partial charge on any atom is -0.444 e. The van der Waals surface area contributed by atoms with Crippen LogP contribution < -0.4 is 5.32 Å². The molecular formula is C12H19F2NO3. The zero-order valence-electron chi connectivity index (χ0n) is 10.8. The lowest BCUT2D eigenvalue weighted by Gasteiger charge is -2.37. The summed E-state index contributed by atoms with van der Waals surface area (Å²) in [6.45, 7) is 4.73. The van der Waals surface area contributed by atoms with Gasteiger partial charge in [0.2, 0.25) is 0 Å². The fraction of sp³-hybridized carbons (Fsp3) is 0.917. The van der Waals surface area contributed by atoms with E-state index in [2.05, 4.69) is 5.32 Å². The summed E-state index contributed by atoms with van der Waals surface area (Å²) in [7, 11) is 0. The molecule has 0 bridgehead atoms. The van der Waals surface area contributed by atoms with Crippen molar-refractivity contribution < 1.29 is 23.4 Å². The first-order chi connectivity index (χ1) is 8.12. The van der Waals surface area contributed by atoms with Crippen LogP contribution >= 0.6 is 0 Å². The Hall–Kier alpha value is -0.910. The molecule has 0 saturated heterocycles. The van der Waals surface area contributed by atoms with Crippen LogP contribution in [0.4, 0.5) is 13.6 Å². The predicted octanol–water partition coefficient (Wildman–Crippen LogP) is 1.92. The number of nitrogens with one attached hydrogen (secondary N) is 1. The standard InChI is InChI=1S/C12H19F2NO3/c1-10(2,3)18-9(17)15-7-4-11(5-7)8(6-16)12(11,13)14/h7-8,16H,4-6H2,1-3H3,(H,15,17)/t7?,8-,11?/m1/s1. The number of rotatable bonds is 2. The Labute approximate surface area is 105 Å². The van der Waals surface area contributed by atoms with Crippen LogP contribution in [0.2, 0.25) is 0 Å². The second kappa shape index (κ2) is 3.79. The molecule has 1 amide bonds. The predicted molar refractivity (Wildman–Crippen MR) is 60.3 cm³/mol. The lowest BCUT2D eigenvalue weighted by Crippen LogP contribution is -2.49. The highest BCUT2D eigenvalue weighted by Crippen LogP contribution is 2.74. The maximum absolute atomic E-state index is 13.4. The highest BCUT2D eigenvalue weighted by molar-refractivity contribution is 5.68. The zero-order chi connectivity index (χ0) is 13.8. The van der Waals surface area contributed by atoms with Gasteiger partial charge < -0.3 is 15.2 Å². The Morgan fingerprint density at radius 3 is 2.39 bits per heavy atom. The van der Waals surface area contributed by atoms with Crippen LogP contribution in [0.15, 0.2) is 0 Å². The number of carbonyl (C=O) groups is 1. The van der Waals surface area contributed by atoms with E-state index in [4.69, 9.17) is 9.84 Å². The second-order valence-corrected chi connectivity index (χ2v) is 6.27. The van der Waals surface area contributed by atoms with Crippen molar-refractivity contribution in [2.45, 2.75) is 51.2 Å². The average molecular weight is 263 g/mol. The lowest BCUT2D eigenvalue weighted by atomic mass is 9.75. The number of halogens is 2. The quantitative estimate of drug-likeness (QED) is 0.800. The number of hydrogen-bond acceptors (Lipinski definition) is 3. The largest absolute Gasteiger partial charge is 0.444 e. The third-order valence-corrected chi connectivity index (χ3v) is 3.81. The van der Waals surface area contributed by atoms with Gasteiger partial charge in [-0.05, 0) is 33.6 Å². The summed E-state index contributed by atoms with van der Waals surface area (Å²) < 4.78 is 31.8. The summed E-state index contributed by atoms with van der Waals surface area (Å²) >= 11 is 0. The fourth-order valence-electron chi connectivity index (χ4n) is 2.83. The number of alkyl carbamates (subject to hydrolysis) is 1.